The fourth-order valence-corrected chi connectivity index (χ4v) is 4.50. The second kappa shape index (κ2) is 13.7. The Kier molecular flexibility index (Phi) is 9.57. The fourth-order valence-electron chi connectivity index (χ4n) is 3.57. The fraction of sp³-hybridized carbons (Fsp3) is 0.0667. The zero-order valence-corrected chi connectivity index (χ0v) is 22.6. The maximum Gasteiger partial charge on any atom is 0.272 e. The maximum atomic E-state index is 13.3. The Hall–Kier alpha value is -5.29. The highest BCUT2D eigenvalue weighted by molar-refractivity contribution is 8.00. The molecule has 0 aliphatic heterocycles. The van der Waals surface area contributed by atoms with E-state index < -0.39 is 22.0 Å². The zero-order valence-electron chi connectivity index (χ0n) is 21.8. The normalized spacial score (nSPS) is 11.7. The standard InChI is InChI=1S/C30H25N5O5S/c1-20(28(36)34-27-12-5-6-17-31-27)41-25-11-7-10-23(19-25)32-30(38)26(33-29(37)22-8-3-2-4-9-22)18-21-13-15-24(16-14-21)35(39)40/h2-20H,1H3,(H,32,38)(H,33,37)(H,31,34,36)/b26-18+. The summed E-state index contributed by atoms with van der Waals surface area (Å²) >= 11 is 1.30. The highest BCUT2D eigenvalue weighted by Gasteiger charge is 2.18. The van der Waals surface area contributed by atoms with Crippen molar-refractivity contribution in [3.05, 3.63) is 130 Å². The van der Waals surface area contributed by atoms with Gasteiger partial charge in [-0.2, -0.15) is 0 Å². The molecule has 206 valence electrons. The summed E-state index contributed by atoms with van der Waals surface area (Å²) in [5.41, 5.74) is 1.12. The second-order valence-corrected chi connectivity index (χ2v) is 10.1. The predicted molar refractivity (Wildman–Crippen MR) is 158 cm³/mol. The van der Waals surface area contributed by atoms with Gasteiger partial charge in [0.15, 0.2) is 0 Å². The molecule has 1 atom stereocenters. The van der Waals surface area contributed by atoms with Gasteiger partial charge in [-0.25, -0.2) is 4.98 Å². The number of non-ortho nitro benzene ring substituents is 1. The second-order valence-electron chi connectivity index (χ2n) is 8.67. The lowest BCUT2D eigenvalue weighted by molar-refractivity contribution is -0.384. The summed E-state index contributed by atoms with van der Waals surface area (Å²) < 4.78 is 0. The molecule has 10 nitrogen and oxygen atoms in total. The van der Waals surface area contributed by atoms with Gasteiger partial charge in [0.05, 0.1) is 10.2 Å². The van der Waals surface area contributed by atoms with Crippen molar-refractivity contribution in [1.29, 1.82) is 0 Å². The summed E-state index contributed by atoms with van der Waals surface area (Å²) in [4.78, 5) is 54.1. The molecule has 11 heteroatoms. The van der Waals surface area contributed by atoms with E-state index in [-0.39, 0.29) is 17.3 Å². The molecule has 0 saturated heterocycles. The number of anilines is 2. The third-order valence-corrected chi connectivity index (χ3v) is 6.73. The molecule has 41 heavy (non-hydrogen) atoms. The van der Waals surface area contributed by atoms with Crippen molar-refractivity contribution in [2.24, 2.45) is 0 Å². The number of hydrogen-bond acceptors (Lipinski definition) is 7. The number of rotatable bonds is 10. The number of benzene rings is 3. The Bertz CT molecular complexity index is 1580. The summed E-state index contributed by atoms with van der Waals surface area (Å²) in [5.74, 6) is -0.863. The first-order chi connectivity index (χ1) is 19.8. The van der Waals surface area contributed by atoms with Crippen molar-refractivity contribution in [2.75, 3.05) is 10.6 Å². The van der Waals surface area contributed by atoms with Gasteiger partial charge in [-0.05, 0) is 73.2 Å². The van der Waals surface area contributed by atoms with Gasteiger partial charge in [-0.1, -0.05) is 30.3 Å². The Morgan fingerprint density at radius 2 is 1.63 bits per heavy atom. The van der Waals surface area contributed by atoms with Gasteiger partial charge in [-0.3, -0.25) is 24.5 Å². The molecule has 1 unspecified atom stereocenters. The first-order valence-corrected chi connectivity index (χ1v) is 13.3. The molecule has 4 rings (SSSR count). The molecule has 0 spiro atoms. The summed E-state index contributed by atoms with van der Waals surface area (Å²) in [7, 11) is 0. The average Bonchev–Trinajstić information content (AvgIpc) is 2.98. The molecule has 0 aliphatic carbocycles. The van der Waals surface area contributed by atoms with E-state index in [4.69, 9.17) is 0 Å². The lowest BCUT2D eigenvalue weighted by Gasteiger charge is -2.14. The van der Waals surface area contributed by atoms with Crippen molar-refractivity contribution in [2.45, 2.75) is 17.1 Å². The van der Waals surface area contributed by atoms with Crippen LogP contribution in [0.1, 0.15) is 22.8 Å². The van der Waals surface area contributed by atoms with Crippen molar-refractivity contribution in [3.63, 3.8) is 0 Å². The smallest absolute Gasteiger partial charge is 0.272 e. The number of nitrogens with zero attached hydrogens (tertiary/aromatic N) is 2. The molecule has 3 amide bonds. The molecule has 0 aliphatic rings. The van der Waals surface area contributed by atoms with E-state index in [0.717, 1.165) is 4.90 Å². The summed E-state index contributed by atoms with van der Waals surface area (Å²) in [5, 5.41) is 18.7. The van der Waals surface area contributed by atoms with E-state index in [1.807, 2.05) is 6.07 Å². The average molecular weight is 568 g/mol. The van der Waals surface area contributed by atoms with Crippen LogP contribution in [0, 0.1) is 10.1 Å². The SMILES string of the molecule is CC(Sc1cccc(NC(=O)/C(=C\c2ccc([N+](=O)[O-])cc2)NC(=O)c2ccccc2)c1)C(=O)Nc1ccccn1. The van der Waals surface area contributed by atoms with Crippen molar-refractivity contribution in [1.82, 2.24) is 10.3 Å². The molecule has 1 aromatic heterocycles. The van der Waals surface area contributed by atoms with Crippen LogP contribution in [0.4, 0.5) is 17.2 Å². The van der Waals surface area contributed by atoms with E-state index in [2.05, 4.69) is 20.9 Å². The van der Waals surface area contributed by atoms with Gasteiger partial charge < -0.3 is 16.0 Å². The van der Waals surface area contributed by atoms with Crippen LogP contribution in [-0.2, 0) is 9.59 Å². The van der Waals surface area contributed by atoms with Crippen LogP contribution in [0.15, 0.2) is 114 Å². The monoisotopic (exact) mass is 567 g/mol. The number of aromatic nitrogens is 1. The van der Waals surface area contributed by atoms with Crippen LogP contribution in [0.3, 0.4) is 0 Å². The molecular formula is C30H25N5O5S. The molecular weight excluding hydrogens is 542 g/mol. The molecule has 1 heterocycles. The number of pyridine rings is 1. The summed E-state index contributed by atoms with van der Waals surface area (Å²) in [6.07, 6.45) is 3.02. The van der Waals surface area contributed by atoms with Crippen molar-refractivity contribution in [3.8, 4) is 0 Å². The van der Waals surface area contributed by atoms with E-state index in [9.17, 15) is 24.5 Å². The molecule has 0 saturated carbocycles. The van der Waals surface area contributed by atoms with Crippen molar-refractivity contribution < 1.29 is 19.3 Å². The number of amides is 3. The molecule has 0 fully saturated rings. The maximum absolute atomic E-state index is 13.3. The molecule has 0 radical (unpaired) electrons. The zero-order chi connectivity index (χ0) is 29.2. The van der Waals surface area contributed by atoms with Crippen LogP contribution in [-0.4, -0.2) is 32.9 Å². The largest absolute Gasteiger partial charge is 0.321 e. The van der Waals surface area contributed by atoms with Crippen LogP contribution >= 0.6 is 11.8 Å². The minimum atomic E-state index is -0.601. The van der Waals surface area contributed by atoms with Gasteiger partial charge >= 0.3 is 0 Å². The highest BCUT2D eigenvalue weighted by atomic mass is 32.2. The van der Waals surface area contributed by atoms with E-state index in [0.29, 0.717) is 22.6 Å². The van der Waals surface area contributed by atoms with Crippen LogP contribution < -0.4 is 16.0 Å². The number of carbonyl (C=O) groups excluding carboxylic acids is 3. The lowest BCUT2D eigenvalue weighted by atomic mass is 10.1. The molecule has 0 bridgehead atoms. The van der Waals surface area contributed by atoms with E-state index in [1.165, 1.54) is 42.1 Å². The number of carbonyl (C=O) groups is 3. The van der Waals surface area contributed by atoms with Gasteiger partial charge in [0.1, 0.15) is 11.5 Å². The number of nitro groups is 1. The summed E-state index contributed by atoms with van der Waals surface area (Å²) in [6, 6.07) is 26.2. The Labute approximate surface area is 240 Å². The highest BCUT2D eigenvalue weighted by Crippen LogP contribution is 2.27. The van der Waals surface area contributed by atoms with E-state index >= 15 is 0 Å². The molecule has 3 N–H and O–H groups in total. The number of nitrogens with one attached hydrogen (secondary N) is 3. The summed E-state index contributed by atoms with van der Waals surface area (Å²) in [6.45, 7) is 1.76. The van der Waals surface area contributed by atoms with Gasteiger partial charge in [-0.15, -0.1) is 11.8 Å². The van der Waals surface area contributed by atoms with Gasteiger partial charge in [0.25, 0.3) is 17.5 Å². The lowest BCUT2D eigenvalue weighted by Crippen LogP contribution is -2.30. The minimum absolute atomic E-state index is 0.0612. The third kappa shape index (κ3) is 8.35. The first-order valence-electron chi connectivity index (χ1n) is 12.4. The predicted octanol–water partition coefficient (Wildman–Crippen LogP) is 5.52. The Morgan fingerprint density at radius 3 is 2.32 bits per heavy atom. The number of hydrogen-bond donors (Lipinski definition) is 3. The van der Waals surface area contributed by atoms with Crippen LogP contribution in [0.5, 0.6) is 0 Å². The first kappa shape index (κ1) is 28.7. The molecule has 3 aromatic carbocycles. The topological polar surface area (TPSA) is 143 Å². The quantitative estimate of drug-likeness (QED) is 0.0991. The Morgan fingerprint density at radius 1 is 0.902 bits per heavy atom. The van der Waals surface area contributed by atoms with Gasteiger partial charge in [0, 0.05) is 34.5 Å². The van der Waals surface area contributed by atoms with Crippen LogP contribution in [0.25, 0.3) is 6.08 Å². The third-order valence-electron chi connectivity index (χ3n) is 5.63. The van der Waals surface area contributed by atoms with Crippen LogP contribution in [0.2, 0.25) is 0 Å². The van der Waals surface area contributed by atoms with Crippen molar-refractivity contribution >= 4 is 52.8 Å². The minimum Gasteiger partial charge on any atom is -0.321 e. The Balaban J connectivity index is 1.50. The number of nitro benzene ring substituents is 1. The van der Waals surface area contributed by atoms with Gasteiger partial charge in [0.2, 0.25) is 5.91 Å². The number of thioether (sulfide) groups is 1. The van der Waals surface area contributed by atoms with E-state index in [1.54, 1.807) is 79.9 Å². The molecule has 4 aromatic rings.